The molecular formula is C16H18N2O2S. The highest BCUT2D eigenvalue weighted by Gasteiger charge is 2.21. The zero-order chi connectivity index (χ0) is 14.7. The first-order valence-corrected chi connectivity index (χ1v) is 8.13. The molecule has 110 valence electrons. The molecule has 0 aliphatic heterocycles. The maximum Gasteiger partial charge on any atom is 0.316 e. The molecule has 0 unspecified atom stereocenters. The first-order chi connectivity index (χ1) is 10.3. The summed E-state index contributed by atoms with van der Waals surface area (Å²) < 4.78 is 6.92. The van der Waals surface area contributed by atoms with E-state index >= 15 is 0 Å². The number of carbonyl (C=O) groups excluding carboxylic acids is 1. The molecule has 0 spiro atoms. The molecule has 1 aliphatic rings. The highest BCUT2D eigenvalue weighted by molar-refractivity contribution is 7.99. The Kier molecular flexibility index (Phi) is 4.29. The van der Waals surface area contributed by atoms with E-state index in [0.717, 1.165) is 23.7 Å². The summed E-state index contributed by atoms with van der Waals surface area (Å²) >= 11 is 1.45. The molecule has 0 N–H and O–H groups in total. The van der Waals surface area contributed by atoms with E-state index in [1.54, 1.807) is 0 Å². The minimum Gasteiger partial charge on any atom is -0.468 e. The van der Waals surface area contributed by atoms with Crippen LogP contribution in [-0.4, -0.2) is 28.4 Å². The third kappa shape index (κ3) is 2.97. The van der Waals surface area contributed by atoms with Crippen molar-refractivity contribution in [3.8, 4) is 5.69 Å². The van der Waals surface area contributed by atoms with Crippen LogP contribution in [0.2, 0.25) is 0 Å². The molecule has 1 aromatic heterocycles. The summed E-state index contributed by atoms with van der Waals surface area (Å²) in [5.41, 5.74) is 3.58. The van der Waals surface area contributed by atoms with Gasteiger partial charge in [-0.25, -0.2) is 4.98 Å². The fourth-order valence-corrected chi connectivity index (χ4v) is 3.52. The number of esters is 1. The predicted molar refractivity (Wildman–Crippen MR) is 82.9 cm³/mol. The van der Waals surface area contributed by atoms with Crippen LogP contribution in [0.5, 0.6) is 0 Å². The van der Waals surface area contributed by atoms with Gasteiger partial charge in [0.2, 0.25) is 0 Å². The van der Waals surface area contributed by atoms with Crippen molar-refractivity contribution in [3.05, 3.63) is 41.7 Å². The number of imidazole rings is 1. The molecule has 0 fully saturated rings. The smallest absolute Gasteiger partial charge is 0.316 e. The number of aryl methyl sites for hydroxylation is 1. The van der Waals surface area contributed by atoms with Crippen molar-refractivity contribution in [3.63, 3.8) is 0 Å². The van der Waals surface area contributed by atoms with Crippen molar-refractivity contribution in [1.29, 1.82) is 0 Å². The number of nitrogens with zero attached hydrogens (tertiary/aromatic N) is 2. The van der Waals surface area contributed by atoms with Crippen LogP contribution < -0.4 is 0 Å². The highest BCUT2D eigenvalue weighted by Crippen LogP contribution is 2.30. The van der Waals surface area contributed by atoms with Crippen LogP contribution in [0.15, 0.2) is 35.5 Å². The van der Waals surface area contributed by atoms with Gasteiger partial charge in [-0.05, 0) is 37.8 Å². The maximum absolute atomic E-state index is 11.4. The van der Waals surface area contributed by atoms with Crippen molar-refractivity contribution < 1.29 is 9.53 Å². The zero-order valence-electron chi connectivity index (χ0n) is 12.0. The van der Waals surface area contributed by atoms with Crippen LogP contribution in [0.1, 0.15) is 24.2 Å². The van der Waals surface area contributed by atoms with Gasteiger partial charge in [-0.3, -0.25) is 9.36 Å². The number of hydrogen-bond acceptors (Lipinski definition) is 4. The van der Waals surface area contributed by atoms with Gasteiger partial charge in [-0.15, -0.1) is 0 Å². The van der Waals surface area contributed by atoms with E-state index in [1.165, 1.54) is 43.1 Å². The van der Waals surface area contributed by atoms with Gasteiger partial charge in [-0.1, -0.05) is 30.0 Å². The molecule has 1 heterocycles. The lowest BCUT2D eigenvalue weighted by molar-refractivity contribution is -0.137. The normalized spacial score (nSPS) is 13.8. The van der Waals surface area contributed by atoms with Crippen molar-refractivity contribution in [1.82, 2.24) is 9.55 Å². The van der Waals surface area contributed by atoms with Gasteiger partial charge in [0.25, 0.3) is 0 Å². The van der Waals surface area contributed by atoms with E-state index in [2.05, 4.69) is 16.7 Å². The number of methoxy groups -OCH3 is 1. The summed E-state index contributed by atoms with van der Waals surface area (Å²) in [6.07, 6.45) is 4.48. The largest absolute Gasteiger partial charge is 0.468 e. The average molecular weight is 302 g/mol. The topological polar surface area (TPSA) is 44.1 Å². The molecule has 3 rings (SSSR count). The first kappa shape index (κ1) is 14.2. The SMILES string of the molecule is COC(=O)CSc1nc2c(n1-c1ccccc1)CCCC2. The van der Waals surface area contributed by atoms with Crippen LogP contribution >= 0.6 is 11.8 Å². The number of carbonyl (C=O) groups is 1. The van der Waals surface area contributed by atoms with Crippen LogP contribution in [-0.2, 0) is 22.4 Å². The zero-order valence-corrected chi connectivity index (χ0v) is 12.9. The number of benzene rings is 1. The lowest BCUT2D eigenvalue weighted by Crippen LogP contribution is -2.08. The van der Waals surface area contributed by atoms with Gasteiger partial charge in [0.1, 0.15) is 0 Å². The quantitative estimate of drug-likeness (QED) is 0.643. The van der Waals surface area contributed by atoms with Crippen molar-refractivity contribution in [2.75, 3.05) is 12.9 Å². The fraction of sp³-hybridized carbons (Fsp3) is 0.375. The summed E-state index contributed by atoms with van der Waals surface area (Å²) in [5, 5.41) is 0.888. The van der Waals surface area contributed by atoms with Crippen LogP contribution in [0.4, 0.5) is 0 Å². The van der Waals surface area contributed by atoms with E-state index in [1.807, 2.05) is 18.2 Å². The summed E-state index contributed by atoms with van der Waals surface area (Å²) in [4.78, 5) is 16.1. The van der Waals surface area contributed by atoms with Gasteiger partial charge < -0.3 is 4.74 Å². The first-order valence-electron chi connectivity index (χ1n) is 7.15. The van der Waals surface area contributed by atoms with Crippen molar-refractivity contribution in [2.45, 2.75) is 30.8 Å². The third-order valence-electron chi connectivity index (χ3n) is 3.66. The van der Waals surface area contributed by atoms with Gasteiger partial charge >= 0.3 is 5.97 Å². The molecule has 0 saturated heterocycles. The molecule has 0 bridgehead atoms. The lowest BCUT2D eigenvalue weighted by Gasteiger charge is -2.15. The van der Waals surface area contributed by atoms with Gasteiger partial charge in [-0.2, -0.15) is 0 Å². The summed E-state index contributed by atoms with van der Waals surface area (Å²) in [6, 6.07) is 10.2. The molecule has 0 radical (unpaired) electrons. The van der Waals surface area contributed by atoms with Crippen LogP contribution in [0, 0.1) is 0 Å². The molecule has 0 atom stereocenters. The Morgan fingerprint density at radius 1 is 1.29 bits per heavy atom. The molecule has 0 amide bonds. The molecule has 5 heteroatoms. The minimum atomic E-state index is -0.222. The van der Waals surface area contributed by atoms with Crippen LogP contribution in [0.25, 0.3) is 5.69 Å². The Bertz CT molecular complexity index is 637. The second-order valence-electron chi connectivity index (χ2n) is 5.03. The minimum absolute atomic E-state index is 0.222. The van der Waals surface area contributed by atoms with Gasteiger partial charge in [0.05, 0.1) is 18.6 Å². The molecule has 4 nitrogen and oxygen atoms in total. The summed E-state index contributed by atoms with van der Waals surface area (Å²) in [6.45, 7) is 0. The van der Waals surface area contributed by atoms with Crippen LogP contribution in [0.3, 0.4) is 0 Å². The van der Waals surface area contributed by atoms with E-state index in [9.17, 15) is 4.79 Å². The van der Waals surface area contributed by atoms with Crippen molar-refractivity contribution in [2.24, 2.45) is 0 Å². The molecule has 21 heavy (non-hydrogen) atoms. The average Bonchev–Trinajstić information content (AvgIpc) is 2.91. The Morgan fingerprint density at radius 3 is 2.81 bits per heavy atom. The molecule has 2 aromatic rings. The fourth-order valence-electron chi connectivity index (χ4n) is 2.64. The van der Waals surface area contributed by atoms with Gasteiger partial charge in [0, 0.05) is 11.4 Å². The highest BCUT2D eigenvalue weighted by atomic mass is 32.2. The number of aromatic nitrogens is 2. The Labute approximate surface area is 128 Å². The monoisotopic (exact) mass is 302 g/mol. The number of hydrogen-bond donors (Lipinski definition) is 0. The number of para-hydroxylation sites is 1. The lowest BCUT2D eigenvalue weighted by atomic mass is 10.0. The molecular weight excluding hydrogens is 284 g/mol. The van der Waals surface area contributed by atoms with Gasteiger partial charge in [0.15, 0.2) is 5.16 Å². The summed E-state index contributed by atoms with van der Waals surface area (Å²) in [7, 11) is 1.41. The van der Waals surface area contributed by atoms with E-state index < -0.39 is 0 Å². The van der Waals surface area contributed by atoms with E-state index in [0.29, 0.717) is 5.75 Å². The Hall–Kier alpha value is -1.75. The maximum atomic E-state index is 11.4. The predicted octanol–water partition coefficient (Wildman–Crippen LogP) is 3.02. The molecule has 1 aliphatic carbocycles. The standard InChI is InChI=1S/C16H18N2O2S/c1-20-15(19)11-21-16-17-13-9-5-6-10-14(13)18(16)12-7-3-2-4-8-12/h2-4,7-8H,5-6,9-11H2,1H3. The second-order valence-corrected chi connectivity index (χ2v) is 5.97. The molecule has 0 saturated carbocycles. The van der Waals surface area contributed by atoms with E-state index in [-0.39, 0.29) is 5.97 Å². The number of rotatable bonds is 4. The number of ether oxygens (including phenoxy) is 1. The number of thioether (sulfide) groups is 1. The Morgan fingerprint density at radius 2 is 2.05 bits per heavy atom. The second kappa shape index (κ2) is 6.35. The Balaban J connectivity index is 1.98. The summed E-state index contributed by atoms with van der Waals surface area (Å²) in [5.74, 6) is 0.0692. The van der Waals surface area contributed by atoms with Crippen molar-refractivity contribution >= 4 is 17.7 Å². The number of fused-ring (bicyclic) bond motifs is 1. The third-order valence-corrected chi connectivity index (χ3v) is 4.58. The van der Waals surface area contributed by atoms with E-state index in [4.69, 9.17) is 9.72 Å². The molecule has 1 aromatic carbocycles.